The number of carbonyl (C=O) groups is 1. The van der Waals surface area contributed by atoms with Crippen LogP contribution in [0.15, 0.2) is 48.1 Å². The van der Waals surface area contributed by atoms with Crippen LogP contribution >= 0.6 is 23.1 Å². The number of nitrogens with zero attached hydrogens (tertiary/aromatic N) is 4. The second-order valence-corrected chi connectivity index (χ2v) is 9.31. The molecule has 1 aromatic carbocycles. The molecule has 0 bridgehead atoms. The van der Waals surface area contributed by atoms with Crippen molar-refractivity contribution in [3.8, 4) is 11.8 Å². The molecular formula is C23H23N5O2S2. The fourth-order valence-electron chi connectivity index (χ4n) is 3.57. The predicted molar refractivity (Wildman–Crippen MR) is 126 cm³/mol. The van der Waals surface area contributed by atoms with Crippen LogP contribution in [0.2, 0.25) is 0 Å². The Balaban J connectivity index is 1.39. The van der Waals surface area contributed by atoms with Crippen molar-refractivity contribution in [2.24, 2.45) is 0 Å². The number of nitriles is 1. The van der Waals surface area contributed by atoms with Gasteiger partial charge in [0.15, 0.2) is 11.0 Å². The van der Waals surface area contributed by atoms with Crippen molar-refractivity contribution in [3.05, 3.63) is 64.8 Å². The zero-order valence-corrected chi connectivity index (χ0v) is 19.2. The van der Waals surface area contributed by atoms with E-state index in [-0.39, 0.29) is 18.3 Å². The van der Waals surface area contributed by atoms with Crippen LogP contribution < -0.4 is 10.1 Å². The first-order valence-electron chi connectivity index (χ1n) is 10.4. The van der Waals surface area contributed by atoms with E-state index in [1.54, 1.807) is 6.08 Å². The third kappa shape index (κ3) is 5.03. The molecule has 164 valence electrons. The largest absolute Gasteiger partial charge is 0.486 e. The number of aryl methyl sites for hydroxylation is 1. The molecule has 32 heavy (non-hydrogen) atoms. The van der Waals surface area contributed by atoms with Crippen molar-refractivity contribution in [3.63, 3.8) is 0 Å². The lowest BCUT2D eigenvalue weighted by atomic mass is 9.96. The standard InChI is InChI=1S/C23H23N5O2S2/c1-2-12-28-20(14-30-16-8-4-3-5-9-16)26-27-23(28)31-15-21(29)25-22-18(13-24)17-10-6-7-11-19(17)32-22/h2-5,8-9H,1,6-7,10-12,14-15H2,(H,25,29). The van der Waals surface area contributed by atoms with Crippen LogP contribution in [0.25, 0.3) is 0 Å². The van der Waals surface area contributed by atoms with Crippen LogP contribution in [0.5, 0.6) is 5.75 Å². The van der Waals surface area contributed by atoms with Gasteiger partial charge in [-0.1, -0.05) is 36.0 Å². The summed E-state index contributed by atoms with van der Waals surface area (Å²) < 4.78 is 7.67. The number of thiophene rings is 1. The van der Waals surface area contributed by atoms with Crippen molar-refractivity contribution < 1.29 is 9.53 Å². The van der Waals surface area contributed by atoms with E-state index in [2.05, 4.69) is 28.2 Å². The highest BCUT2D eigenvalue weighted by molar-refractivity contribution is 7.99. The van der Waals surface area contributed by atoms with Crippen LogP contribution in [0, 0.1) is 11.3 Å². The van der Waals surface area contributed by atoms with Crippen molar-refractivity contribution in [1.29, 1.82) is 5.26 Å². The number of para-hydroxylation sites is 1. The summed E-state index contributed by atoms with van der Waals surface area (Å²) in [5.41, 5.74) is 1.73. The number of hydrogen-bond donors (Lipinski definition) is 1. The van der Waals surface area contributed by atoms with E-state index in [1.807, 2.05) is 34.9 Å². The lowest BCUT2D eigenvalue weighted by Gasteiger charge is -2.09. The van der Waals surface area contributed by atoms with Gasteiger partial charge < -0.3 is 10.1 Å². The molecule has 0 radical (unpaired) electrons. The highest BCUT2D eigenvalue weighted by Gasteiger charge is 2.22. The Labute approximate surface area is 195 Å². The molecule has 0 saturated heterocycles. The first-order valence-corrected chi connectivity index (χ1v) is 12.2. The topological polar surface area (TPSA) is 92.8 Å². The average Bonchev–Trinajstić information content (AvgIpc) is 3.37. The molecule has 1 N–H and O–H groups in total. The van der Waals surface area contributed by atoms with Gasteiger partial charge in [-0.2, -0.15) is 5.26 Å². The summed E-state index contributed by atoms with van der Waals surface area (Å²) in [6.45, 7) is 4.59. The number of nitrogens with one attached hydrogen (secondary N) is 1. The molecule has 9 heteroatoms. The molecular weight excluding hydrogens is 442 g/mol. The number of amides is 1. The Kier molecular flexibility index (Phi) is 7.24. The summed E-state index contributed by atoms with van der Waals surface area (Å²) in [5, 5.41) is 22.2. The predicted octanol–water partition coefficient (Wildman–Crippen LogP) is 4.59. The van der Waals surface area contributed by atoms with E-state index >= 15 is 0 Å². The van der Waals surface area contributed by atoms with E-state index in [0.29, 0.717) is 28.1 Å². The number of carbonyl (C=O) groups excluding carboxylic acids is 1. The molecule has 0 fully saturated rings. The third-order valence-corrected chi connectivity index (χ3v) is 7.26. The molecule has 7 nitrogen and oxygen atoms in total. The molecule has 0 unspecified atom stereocenters. The molecule has 1 aliphatic carbocycles. The van der Waals surface area contributed by atoms with Gasteiger partial charge in [-0.25, -0.2) is 0 Å². The lowest BCUT2D eigenvalue weighted by molar-refractivity contribution is -0.113. The number of benzene rings is 1. The van der Waals surface area contributed by atoms with E-state index < -0.39 is 0 Å². The molecule has 0 saturated carbocycles. The highest BCUT2D eigenvalue weighted by atomic mass is 32.2. The summed E-state index contributed by atoms with van der Waals surface area (Å²) in [6, 6.07) is 11.8. The van der Waals surface area contributed by atoms with Gasteiger partial charge in [-0.05, 0) is 43.4 Å². The maximum atomic E-state index is 12.6. The van der Waals surface area contributed by atoms with Crippen molar-refractivity contribution in [1.82, 2.24) is 14.8 Å². The maximum absolute atomic E-state index is 12.6. The number of hydrogen-bond acceptors (Lipinski definition) is 7. The number of aromatic nitrogens is 3. The van der Waals surface area contributed by atoms with Gasteiger partial charge in [0.2, 0.25) is 5.91 Å². The number of rotatable bonds is 9. The molecule has 2 heterocycles. The van der Waals surface area contributed by atoms with Gasteiger partial charge in [-0.3, -0.25) is 9.36 Å². The van der Waals surface area contributed by atoms with Crippen molar-refractivity contribution in [2.75, 3.05) is 11.1 Å². The summed E-state index contributed by atoms with van der Waals surface area (Å²) in [5.74, 6) is 1.42. The first-order chi connectivity index (χ1) is 15.7. The molecule has 3 aromatic rings. The van der Waals surface area contributed by atoms with E-state index in [9.17, 15) is 10.1 Å². The van der Waals surface area contributed by atoms with Gasteiger partial charge >= 0.3 is 0 Å². The normalized spacial score (nSPS) is 12.6. The van der Waals surface area contributed by atoms with Crippen molar-refractivity contribution in [2.45, 2.75) is 44.0 Å². The van der Waals surface area contributed by atoms with Crippen molar-refractivity contribution >= 4 is 34.0 Å². The van der Waals surface area contributed by atoms with Crippen LogP contribution in [-0.4, -0.2) is 26.4 Å². The number of ether oxygens (including phenoxy) is 1. The fourth-order valence-corrected chi connectivity index (χ4v) is 5.60. The van der Waals surface area contributed by atoms with Crippen LogP contribution in [0.4, 0.5) is 5.00 Å². The highest BCUT2D eigenvalue weighted by Crippen LogP contribution is 2.37. The Morgan fingerprint density at radius 1 is 1.31 bits per heavy atom. The number of thioether (sulfide) groups is 1. The second-order valence-electron chi connectivity index (χ2n) is 7.26. The maximum Gasteiger partial charge on any atom is 0.235 e. The van der Waals surface area contributed by atoms with Crippen LogP contribution in [0.3, 0.4) is 0 Å². The van der Waals surface area contributed by atoms with Gasteiger partial charge in [0, 0.05) is 11.4 Å². The quantitative estimate of drug-likeness (QED) is 0.367. The smallest absolute Gasteiger partial charge is 0.235 e. The van der Waals surface area contributed by atoms with Crippen LogP contribution in [-0.2, 0) is 30.8 Å². The number of fused-ring (bicyclic) bond motifs is 1. The second kappa shape index (κ2) is 10.5. The Morgan fingerprint density at radius 3 is 2.91 bits per heavy atom. The molecule has 1 amide bonds. The molecule has 4 rings (SSSR count). The van der Waals surface area contributed by atoms with Gasteiger partial charge in [-0.15, -0.1) is 28.1 Å². The molecule has 0 aliphatic heterocycles. The fraction of sp³-hybridized carbons (Fsp3) is 0.304. The molecule has 0 spiro atoms. The average molecular weight is 466 g/mol. The van der Waals surface area contributed by atoms with Crippen LogP contribution in [0.1, 0.15) is 34.7 Å². The summed E-state index contributed by atoms with van der Waals surface area (Å²) >= 11 is 2.83. The summed E-state index contributed by atoms with van der Waals surface area (Å²) in [4.78, 5) is 13.8. The first kappa shape index (κ1) is 22.1. The molecule has 0 atom stereocenters. The minimum Gasteiger partial charge on any atom is -0.486 e. The minimum atomic E-state index is -0.166. The monoisotopic (exact) mass is 465 g/mol. The summed E-state index contributed by atoms with van der Waals surface area (Å²) in [6.07, 6.45) is 5.89. The van der Waals surface area contributed by atoms with E-state index in [0.717, 1.165) is 37.0 Å². The van der Waals surface area contributed by atoms with Gasteiger partial charge in [0.05, 0.1) is 11.3 Å². The van der Waals surface area contributed by atoms with E-state index in [1.165, 1.54) is 28.0 Å². The molecule has 2 aromatic heterocycles. The van der Waals surface area contributed by atoms with Gasteiger partial charge in [0.25, 0.3) is 0 Å². The SMILES string of the molecule is C=CCn1c(COc2ccccc2)nnc1SCC(=O)Nc1sc2c(c1C#N)CCCC2. The van der Waals surface area contributed by atoms with E-state index in [4.69, 9.17) is 4.74 Å². The number of anilines is 1. The van der Waals surface area contributed by atoms with Gasteiger partial charge in [0.1, 0.15) is 23.4 Å². The third-order valence-electron chi connectivity index (χ3n) is 5.08. The zero-order valence-electron chi connectivity index (χ0n) is 17.5. The minimum absolute atomic E-state index is 0.166. The molecule has 1 aliphatic rings. The Hall–Kier alpha value is -3.09. The summed E-state index contributed by atoms with van der Waals surface area (Å²) in [7, 11) is 0. The Morgan fingerprint density at radius 2 is 2.12 bits per heavy atom. The lowest BCUT2D eigenvalue weighted by Crippen LogP contribution is -2.15. The number of allylic oxidation sites excluding steroid dienone is 1. The zero-order chi connectivity index (χ0) is 22.3. The Bertz CT molecular complexity index is 1150.